The van der Waals surface area contributed by atoms with E-state index < -0.39 is 12.0 Å². The fraction of sp³-hybridized carbons (Fsp3) is 0.190. The van der Waals surface area contributed by atoms with Crippen LogP contribution in [0.1, 0.15) is 40.5 Å². The van der Waals surface area contributed by atoms with Crippen molar-refractivity contribution in [2.75, 3.05) is 0 Å². The Morgan fingerprint density at radius 2 is 1.82 bits per heavy atom. The van der Waals surface area contributed by atoms with Crippen molar-refractivity contribution in [2.45, 2.75) is 25.8 Å². The molecule has 3 rings (SSSR count). The number of rotatable bonds is 7. The largest absolute Gasteiger partial charge is 0.481 e. The lowest BCUT2D eigenvalue weighted by Gasteiger charge is -2.18. The molecule has 1 amide bonds. The van der Waals surface area contributed by atoms with Gasteiger partial charge in [0, 0.05) is 18.2 Å². The van der Waals surface area contributed by atoms with Crippen LogP contribution >= 0.6 is 11.6 Å². The van der Waals surface area contributed by atoms with Crippen molar-refractivity contribution in [3.05, 3.63) is 82.6 Å². The second kappa shape index (κ2) is 8.71. The summed E-state index contributed by atoms with van der Waals surface area (Å²) in [6, 6.07) is 16.1. The van der Waals surface area contributed by atoms with Crippen LogP contribution in [0.2, 0.25) is 5.02 Å². The summed E-state index contributed by atoms with van der Waals surface area (Å²) in [5.41, 5.74) is 2.50. The fourth-order valence-corrected chi connectivity index (χ4v) is 3.17. The highest BCUT2D eigenvalue weighted by Crippen LogP contribution is 2.22. The first-order chi connectivity index (χ1) is 13.5. The molecule has 3 aromatic rings. The number of carbonyl (C=O) groups excluding carboxylic acids is 1. The maximum Gasteiger partial charge on any atom is 0.303 e. The molecule has 1 aromatic heterocycles. The first-order valence-electron chi connectivity index (χ1n) is 8.84. The molecular weight excluding hydrogens is 378 g/mol. The van der Waals surface area contributed by atoms with Crippen LogP contribution in [-0.4, -0.2) is 26.8 Å². The average Bonchev–Trinajstić information content (AvgIpc) is 3.07. The second-order valence-electron chi connectivity index (χ2n) is 6.43. The van der Waals surface area contributed by atoms with Crippen LogP contribution in [0, 0.1) is 6.92 Å². The molecule has 1 heterocycles. The number of halogens is 1. The third-order valence-corrected chi connectivity index (χ3v) is 4.69. The van der Waals surface area contributed by atoms with E-state index in [1.54, 1.807) is 23.9 Å². The zero-order valence-corrected chi connectivity index (χ0v) is 16.1. The fourth-order valence-electron chi connectivity index (χ4n) is 2.95. The van der Waals surface area contributed by atoms with Crippen molar-refractivity contribution in [2.24, 2.45) is 0 Å². The van der Waals surface area contributed by atoms with E-state index in [9.17, 15) is 9.59 Å². The van der Waals surface area contributed by atoms with Crippen molar-refractivity contribution >= 4 is 23.5 Å². The van der Waals surface area contributed by atoms with Crippen molar-refractivity contribution in [1.82, 2.24) is 15.1 Å². The molecule has 2 aromatic carbocycles. The number of nitrogens with zero attached hydrogens (tertiary/aromatic N) is 2. The summed E-state index contributed by atoms with van der Waals surface area (Å²) in [6.45, 7) is 1.80. The maximum atomic E-state index is 12.9. The summed E-state index contributed by atoms with van der Waals surface area (Å²) >= 11 is 6.22. The zero-order valence-electron chi connectivity index (χ0n) is 15.3. The Morgan fingerprint density at radius 3 is 2.50 bits per heavy atom. The smallest absolute Gasteiger partial charge is 0.303 e. The third-order valence-electron chi connectivity index (χ3n) is 4.37. The van der Waals surface area contributed by atoms with Gasteiger partial charge in [-0.05, 0) is 31.0 Å². The number of amides is 1. The third kappa shape index (κ3) is 4.58. The molecule has 0 fully saturated rings. The van der Waals surface area contributed by atoms with Gasteiger partial charge in [-0.15, -0.1) is 0 Å². The molecular formula is C21H20ClN3O3. The Labute approximate surface area is 167 Å². The van der Waals surface area contributed by atoms with E-state index in [2.05, 4.69) is 10.4 Å². The minimum atomic E-state index is -0.908. The molecule has 0 bridgehead atoms. The molecule has 0 radical (unpaired) electrons. The normalized spacial score (nSPS) is 11.8. The SMILES string of the molecule is Cc1cn(-c2ccccc2Cl)nc1C(=O)NC(CCC(=O)O)c1ccccc1. The van der Waals surface area contributed by atoms with Gasteiger partial charge >= 0.3 is 5.97 Å². The number of carboxylic acids is 1. The van der Waals surface area contributed by atoms with Gasteiger partial charge in [0.25, 0.3) is 5.91 Å². The van der Waals surface area contributed by atoms with Crippen molar-refractivity contribution in [3.8, 4) is 5.69 Å². The molecule has 1 unspecified atom stereocenters. The number of carbonyl (C=O) groups is 2. The topological polar surface area (TPSA) is 84.2 Å². The lowest BCUT2D eigenvalue weighted by molar-refractivity contribution is -0.137. The van der Waals surface area contributed by atoms with Crippen LogP contribution in [0.15, 0.2) is 60.8 Å². The number of benzene rings is 2. The first kappa shape index (κ1) is 19.6. The van der Waals surface area contributed by atoms with Gasteiger partial charge in [0.1, 0.15) is 0 Å². The van der Waals surface area contributed by atoms with Crippen molar-refractivity contribution in [3.63, 3.8) is 0 Å². The number of carboxylic acid groups (broad SMARTS) is 1. The van der Waals surface area contributed by atoms with Crippen LogP contribution in [-0.2, 0) is 4.79 Å². The predicted molar refractivity (Wildman–Crippen MR) is 107 cm³/mol. The van der Waals surface area contributed by atoms with Crippen LogP contribution in [0.5, 0.6) is 0 Å². The molecule has 7 heteroatoms. The van der Waals surface area contributed by atoms with Gasteiger partial charge in [0.05, 0.1) is 16.8 Å². The molecule has 0 aliphatic carbocycles. The molecule has 2 N–H and O–H groups in total. The summed E-state index contributed by atoms with van der Waals surface area (Å²) in [6.07, 6.45) is 1.98. The van der Waals surface area contributed by atoms with E-state index in [-0.39, 0.29) is 24.4 Å². The summed E-state index contributed by atoms with van der Waals surface area (Å²) in [5.74, 6) is -1.27. The highest BCUT2D eigenvalue weighted by molar-refractivity contribution is 6.32. The average molecular weight is 398 g/mol. The highest BCUT2D eigenvalue weighted by atomic mass is 35.5. The van der Waals surface area contributed by atoms with Gasteiger partial charge in [-0.25, -0.2) is 4.68 Å². The Bertz CT molecular complexity index is 986. The minimum Gasteiger partial charge on any atom is -0.481 e. The van der Waals surface area contributed by atoms with Crippen LogP contribution in [0.4, 0.5) is 0 Å². The number of hydrogen-bond donors (Lipinski definition) is 2. The van der Waals surface area contributed by atoms with E-state index in [1.165, 1.54) is 0 Å². The quantitative estimate of drug-likeness (QED) is 0.626. The summed E-state index contributed by atoms with van der Waals surface area (Å²) in [7, 11) is 0. The number of aliphatic carboxylic acids is 1. The number of hydrogen-bond acceptors (Lipinski definition) is 3. The van der Waals surface area contributed by atoms with Gasteiger partial charge in [-0.1, -0.05) is 54.1 Å². The summed E-state index contributed by atoms with van der Waals surface area (Å²) in [4.78, 5) is 23.9. The summed E-state index contributed by atoms with van der Waals surface area (Å²) in [5, 5.41) is 16.8. The number of aryl methyl sites for hydroxylation is 1. The van der Waals surface area contributed by atoms with Crippen molar-refractivity contribution < 1.29 is 14.7 Å². The van der Waals surface area contributed by atoms with Crippen LogP contribution in [0.3, 0.4) is 0 Å². The predicted octanol–water partition coefficient (Wildman–Crippen LogP) is 4.17. The lowest BCUT2D eigenvalue weighted by atomic mass is 10.0. The Hall–Kier alpha value is -3.12. The van der Waals surface area contributed by atoms with Crippen molar-refractivity contribution in [1.29, 1.82) is 0 Å². The minimum absolute atomic E-state index is 0.0487. The lowest BCUT2D eigenvalue weighted by Crippen LogP contribution is -2.30. The summed E-state index contributed by atoms with van der Waals surface area (Å²) < 4.78 is 1.57. The molecule has 0 aliphatic heterocycles. The van der Waals surface area contributed by atoms with E-state index in [0.717, 1.165) is 5.56 Å². The Balaban J connectivity index is 1.84. The second-order valence-corrected chi connectivity index (χ2v) is 6.83. The van der Waals surface area contributed by atoms with Gasteiger partial charge in [-0.3, -0.25) is 9.59 Å². The molecule has 28 heavy (non-hydrogen) atoms. The Kier molecular flexibility index (Phi) is 6.11. The number of nitrogens with one attached hydrogen (secondary N) is 1. The van der Waals surface area contributed by atoms with E-state index in [1.807, 2.05) is 48.5 Å². The van der Waals surface area contributed by atoms with Crippen LogP contribution in [0.25, 0.3) is 5.69 Å². The standard InChI is InChI=1S/C21H20ClN3O3/c1-14-13-25(18-10-6-5-9-16(18)22)24-20(14)21(28)23-17(11-12-19(26)27)15-7-3-2-4-8-15/h2-10,13,17H,11-12H2,1H3,(H,23,28)(H,26,27). The number of para-hydroxylation sites is 1. The van der Waals surface area contributed by atoms with Gasteiger partial charge in [0.15, 0.2) is 5.69 Å². The first-order valence-corrected chi connectivity index (χ1v) is 9.22. The van der Waals surface area contributed by atoms with E-state index in [0.29, 0.717) is 16.3 Å². The Morgan fingerprint density at radius 1 is 1.14 bits per heavy atom. The van der Waals surface area contributed by atoms with E-state index in [4.69, 9.17) is 16.7 Å². The van der Waals surface area contributed by atoms with Gasteiger partial charge in [-0.2, -0.15) is 5.10 Å². The molecule has 1 atom stereocenters. The monoisotopic (exact) mass is 397 g/mol. The molecule has 0 aliphatic rings. The zero-order chi connectivity index (χ0) is 20.1. The maximum absolute atomic E-state index is 12.9. The highest BCUT2D eigenvalue weighted by Gasteiger charge is 2.21. The van der Waals surface area contributed by atoms with Gasteiger partial charge < -0.3 is 10.4 Å². The molecule has 0 saturated carbocycles. The molecule has 144 valence electrons. The van der Waals surface area contributed by atoms with Gasteiger partial charge in [0.2, 0.25) is 0 Å². The molecule has 0 spiro atoms. The van der Waals surface area contributed by atoms with Crippen LogP contribution < -0.4 is 5.32 Å². The molecule has 0 saturated heterocycles. The molecule has 6 nitrogen and oxygen atoms in total. The van der Waals surface area contributed by atoms with E-state index >= 15 is 0 Å². The number of aromatic nitrogens is 2.